The Morgan fingerprint density at radius 2 is 1.33 bits per heavy atom. The molecule has 0 aliphatic heterocycles. The Labute approximate surface area is 40.6 Å². The second-order valence-electron chi connectivity index (χ2n) is 0.283. The van der Waals surface area contributed by atoms with Gasteiger partial charge >= 0.3 is 6.16 Å². The van der Waals surface area contributed by atoms with Crippen LogP contribution in [0.15, 0.2) is 0 Å². The standard InChI is InChI=1S/CH2O3.CH4.H4Si/c2-1(3)4;;/h(H2,2,3,4);2*1H4. The molecule has 4 heteroatoms. The molecule has 0 aromatic heterocycles. The van der Waals surface area contributed by atoms with Crippen molar-refractivity contribution >= 4 is 17.1 Å². The fourth-order valence-corrected chi connectivity index (χ4v) is 0. The fourth-order valence-electron chi connectivity index (χ4n) is 0. The lowest BCUT2D eigenvalue weighted by Gasteiger charge is -1.60. The molecule has 2 N–H and O–H groups in total. The van der Waals surface area contributed by atoms with Crippen LogP contribution in [0.4, 0.5) is 4.79 Å². The van der Waals surface area contributed by atoms with Gasteiger partial charge in [-0.1, -0.05) is 7.43 Å². The molecular weight excluding hydrogens is 100 g/mol. The first kappa shape index (κ1) is 17.9. The summed E-state index contributed by atoms with van der Waals surface area (Å²) in [7, 11) is 0. The van der Waals surface area contributed by atoms with Crippen molar-refractivity contribution in [2.45, 2.75) is 7.43 Å². The molecule has 0 spiro atoms. The highest BCUT2D eigenvalue weighted by atomic mass is 28.1. The van der Waals surface area contributed by atoms with Crippen LogP contribution in [-0.4, -0.2) is 27.3 Å². The largest absolute Gasteiger partial charge is 0.503 e. The van der Waals surface area contributed by atoms with Gasteiger partial charge in [0, 0.05) is 0 Å². The molecule has 0 rings (SSSR count). The molecule has 0 unspecified atom stereocenters. The van der Waals surface area contributed by atoms with Gasteiger partial charge in [-0.2, -0.15) is 0 Å². The maximum absolute atomic E-state index is 8.56. The topological polar surface area (TPSA) is 57.5 Å². The molecule has 0 aromatic rings. The zero-order chi connectivity index (χ0) is 3.58. The van der Waals surface area contributed by atoms with E-state index >= 15 is 0 Å². The van der Waals surface area contributed by atoms with Gasteiger partial charge in [-0.3, -0.25) is 0 Å². The van der Waals surface area contributed by atoms with Gasteiger partial charge in [0.2, 0.25) is 0 Å². The predicted octanol–water partition coefficient (Wildman–Crippen LogP) is -0.593. The summed E-state index contributed by atoms with van der Waals surface area (Å²) >= 11 is 0. The summed E-state index contributed by atoms with van der Waals surface area (Å²) in [5, 5.41) is 13.9. The van der Waals surface area contributed by atoms with Crippen molar-refractivity contribution in [2.75, 3.05) is 0 Å². The first-order chi connectivity index (χ1) is 1.73. The summed E-state index contributed by atoms with van der Waals surface area (Å²) in [4.78, 5) is 8.56. The Balaban J connectivity index is -0.0000000450. The molecule has 6 heavy (non-hydrogen) atoms. The summed E-state index contributed by atoms with van der Waals surface area (Å²) in [6.45, 7) is 0. The maximum atomic E-state index is 8.56. The molecule has 40 valence electrons. The third-order valence-electron chi connectivity index (χ3n) is 0. The molecule has 0 heterocycles. The average molecular weight is 110 g/mol. The van der Waals surface area contributed by atoms with Crippen LogP contribution in [-0.2, 0) is 0 Å². The van der Waals surface area contributed by atoms with Crippen molar-refractivity contribution < 1.29 is 15.0 Å². The Morgan fingerprint density at radius 1 is 1.33 bits per heavy atom. The van der Waals surface area contributed by atoms with Crippen molar-refractivity contribution in [1.29, 1.82) is 0 Å². The van der Waals surface area contributed by atoms with E-state index in [0.717, 1.165) is 0 Å². The van der Waals surface area contributed by atoms with Crippen molar-refractivity contribution in [1.82, 2.24) is 0 Å². The van der Waals surface area contributed by atoms with E-state index in [1.807, 2.05) is 0 Å². The fraction of sp³-hybridized carbons (Fsp3) is 0.500. The minimum Gasteiger partial charge on any atom is -0.450 e. The third-order valence-corrected chi connectivity index (χ3v) is 0. The third kappa shape index (κ3) is 81.9. The lowest BCUT2D eigenvalue weighted by atomic mass is 11.5. The lowest BCUT2D eigenvalue weighted by Crippen LogP contribution is -1.81. The van der Waals surface area contributed by atoms with E-state index in [9.17, 15) is 0 Å². The van der Waals surface area contributed by atoms with Crippen molar-refractivity contribution in [3.05, 3.63) is 0 Å². The molecular formula is C2H10O3Si. The number of carbonyl (C=O) groups is 1. The Morgan fingerprint density at radius 3 is 1.33 bits per heavy atom. The zero-order valence-corrected chi connectivity index (χ0v) is 1.80. The molecule has 0 atom stereocenters. The Bertz CT molecular complexity index is 31.8. The van der Waals surface area contributed by atoms with Crippen LogP contribution in [0.25, 0.3) is 0 Å². The molecule has 0 aliphatic rings. The molecule has 0 aromatic carbocycles. The van der Waals surface area contributed by atoms with Gasteiger partial charge < -0.3 is 10.2 Å². The zero-order valence-electron chi connectivity index (χ0n) is 1.80. The number of hydrogen-bond acceptors (Lipinski definition) is 1. The molecule has 0 fully saturated rings. The highest BCUT2D eigenvalue weighted by Crippen LogP contribution is 1.42. The van der Waals surface area contributed by atoms with Crippen molar-refractivity contribution in [2.24, 2.45) is 0 Å². The quantitative estimate of drug-likeness (QED) is 0.410. The van der Waals surface area contributed by atoms with Crippen LogP contribution in [0.1, 0.15) is 7.43 Å². The van der Waals surface area contributed by atoms with E-state index < -0.39 is 6.16 Å². The minimum atomic E-state index is -1.83. The maximum Gasteiger partial charge on any atom is 0.503 e. The second kappa shape index (κ2) is 8.82. The van der Waals surface area contributed by atoms with E-state index in [4.69, 9.17) is 15.0 Å². The van der Waals surface area contributed by atoms with Crippen LogP contribution in [0.5, 0.6) is 0 Å². The summed E-state index contributed by atoms with van der Waals surface area (Å²) in [5.74, 6) is 0. The first-order valence-corrected chi connectivity index (χ1v) is 0.651. The van der Waals surface area contributed by atoms with E-state index in [2.05, 4.69) is 0 Å². The lowest BCUT2D eigenvalue weighted by molar-refractivity contribution is 0.137. The van der Waals surface area contributed by atoms with Gasteiger partial charge in [0.05, 0.1) is 0 Å². The second-order valence-corrected chi connectivity index (χ2v) is 0.283. The van der Waals surface area contributed by atoms with Crippen molar-refractivity contribution in [3.63, 3.8) is 0 Å². The van der Waals surface area contributed by atoms with Crippen LogP contribution < -0.4 is 0 Å². The molecule has 0 amide bonds. The number of rotatable bonds is 0. The average Bonchev–Trinajstić information content (AvgIpc) is 0.811. The highest BCUT2D eigenvalue weighted by Gasteiger charge is 1.70. The van der Waals surface area contributed by atoms with Gasteiger partial charge in [-0.05, 0) is 11.0 Å². The van der Waals surface area contributed by atoms with Gasteiger partial charge in [0.25, 0.3) is 0 Å². The van der Waals surface area contributed by atoms with Crippen LogP contribution in [0, 0.1) is 0 Å². The smallest absolute Gasteiger partial charge is 0.450 e. The molecule has 0 saturated heterocycles. The monoisotopic (exact) mass is 110 g/mol. The van der Waals surface area contributed by atoms with E-state index in [-0.39, 0.29) is 18.4 Å². The first-order valence-electron chi connectivity index (χ1n) is 0.651. The minimum absolute atomic E-state index is 0. The predicted molar refractivity (Wildman–Crippen MR) is 28.7 cm³/mol. The van der Waals surface area contributed by atoms with Crippen LogP contribution in [0.3, 0.4) is 0 Å². The van der Waals surface area contributed by atoms with Gasteiger partial charge in [0.15, 0.2) is 0 Å². The summed E-state index contributed by atoms with van der Waals surface area (Å²) in [6, 6.07) is 0. The van der Waals surface area contributed by atoms with Gasteiger partial charge in [-0.25, -0.2) is 4.79 Å². The van der Waals surface area contributed by atoms with Crippen molar-refractivity contribution in [3.8, 4) is 0 Å². The SMILES string of the molecule is C.O=C(O)O.[SiH4]. The van der Waals surface area contributed by atoms with Gasteiger partial charge in [-0.15, -0.1) is 0 Å². The normalized spacial score (nSPS) is 4.00. The molecule has 0 aliphatic carbocycles. The number of hydrogen-bond donors (Lipinski definition) is 2. The molecule has 0 bridgehead atoms. The molecule has 3 nitrogen and oxygen atoms in total. The van der Waals surface area contributed by atoms with Gasteiger partial charge in [0.1, 0.15) is 0 Å². The molecule has 0 radical (unpaired) electrons. The summed E-state index contributed by atoms with van der Waals surface area (Å²) in [6.07, 6.45) is -1.83. The highest BCUT2D eigenvalue weighted by molar-refractivity contribution is 5.75. The van der Waals surface area contributed by atoms with E-state index in [1.165, 1.54) is 0 Å². The Kier molecular flexibility index (Phi) is 26.3. The van der Waals surface area contributed by atoms with Crippen LogP contribution >= 0.6 is 0 Å². The van der Waals surface area contributed by atoms with E-state index in [1.54, 1.807) is 0 Å². The molecule has 0 saturated carbocycles. The number of carboxylic acid groups (broad SMARTS) is 2. The Hall–Kier alpha value is -0.513. The van der Waals surface area contributed by atoms with Crippen LogP contribution in [0.2, 0.25) is 0 Å². The summed E-state index contributed by atoms with van der Waals surface area (Å²) in [5.41, 5.74) is 0. The summed E-state index contributed by atoms with van der Waals surface area (Å²) < 4.78 is 0. The van der Waals surface area contributed by atoms with E-state index in [0.29, 0.717) is 0 Å².